The maximum Gasteiger partial charge on any atom is 0.150 e. The van der Waals surface area contributed by atoms with Gasteiger partial charge in [-0.25, -0.2) is 8.42 Å². The van der Waals surface area contributed by atoms with Crippen LogP contribution >= 0.6 is 0 Å². The molecular weight excluding hydrogens is 264 g/mol. The fourth-order valence-corrected chi connectivity index (χ4v) is 2.58. The standard InChI is InChI=1S/C14H22O4S/c1-4-19(16,17)9-5-8-18-14-7-6-11(2)10-13(14)12(3)15/h6-7,10,12,15H,4-5,8-9H2,1-3H3/t12-/m0/s1. The van der Waals surface area contributed by atoms with Gasteiger partial charge in [0.2, 0.25) is 0 Å². The van der Waals surface area contributed by atoms with Gasteiger partial charge in [0.1, 0.15) is 15.6 Å². The molecule has 1 aromatic rings. The SMILES string of the molecule is CCS(=O)(=O)CCCOc1ccc(C)cc1[C@H](C)O. The Morgan fingerprint density at radius 1 is 1.37 bits per heavy atom. The summed E-state index contributed by atoms with van der Waals surface area (Å²) in [4.78, 5) is 0. The predicted octanol–water partition coefficient (Wildman–Crippen LogP) is 2.25. The second-order valence-corrected chi connectivity index (χ2v) is 7.13. The van der Waals surface area contributed by atoms with E-state index in [1.807, 2.05) is 25.1 Å². The highest BCUT2D eigenvalue weighted by Gasteiger charge is 2.11. The van der Waals surface area contributed by atoms with Crippen molar-refractivity contribution < 1.29 is 18.3 Å². The Morgan fingerprint density at radius 3 is 2.63 bits per heavy atom. The van der Waals surface area contributed by atoms with E-state index in [4.69, 9.17) is 4.74 Å². The fraction of sp³-hybridized carbons (Fsp3) is 0.571. The molecule has 0 radical (unpaired) electrons. The Balaban J connectivity index is 2.59. The van der Waals surface area contributed by atoms with E-state index in [-0.39, 0.29) is 11.5 Å². The van der Waals surface area contributed by atoms with Crippen molar-refractivity contribution in [3.63, 3.8) is 0 Å². The molecule has 0 saturated carbocycles. The van der Waals surface area contributed by atoms with Crippen LogP contribution in [0, 0.1) is 6.92 Å². The Kier molecular flexibility index (Phi) is 5.82. The first kappa shape index (κ1) is 16.0. The van der Waals surface area contributed by atoms with Gasteiger partial charge in [0.15, 0.2) is 0 Å². The second-order valence-electron chi connectivity index (χ2n) is 4.66. The maximum atomic E-state index is 11.3. The Labute approximate surface area is 115 Å². The summed E-state index contributed by atoms with van der Waals surface area (Å²) in [6, 6.07) is 5.60. The van der Waals surface area contributed by atoms with E-state index in [1.54, 1.807) is 13.8 Å². The molecule has 0 fully saturated rings. The number of rotatable bonds is 7. The van der Waals surface area contributed by atoms with E-state index in [0.29, 0.717) is 18.8 Å². The molecule has 0 aliphatic rings. The molecule has 0 aliphatic carbocycles. The molecule has 1 atom stereocenters. The summed E-state index contributed by atoms with van der Waals surface area (Å²) in [5.41, 5.74) is 1.79. The molecule has 0 aromatic heterocycles. The summed E-state index contributed by atoms with van der Waals surface area (Å²) in [6.07, 6.45) is -0.141. The summed E-state index contributed by atoms with van der Waals surface area (Å²) in [6.45, 7) is 5.61. The summed E-state index contributed by atoms with van der Waals surface area (Å²) >= 11 is 0. The lowest BCUT2D eigenvalue weighted by molar-refractivity contribution is 0.191. The third-order valence-electron chi connectivity index (χ3n) is 2.91. The minimum absolute atomic E-state index is 0.138. The first-order chi connectivity index (χ1) is 8.85. The van der Waals surface area contributed by atoms with Gasteiger partial charge in [0.25, 0.3) is 0 Å². The van der Waals surface area contributed by atoms with Crippen molar-refractivity contribution in [2.45, 2.75) is 33.3 Å². The highest BCUT2D eigenvalue weighted by atomic mass is 32.2. The lowest BCUT2D eigenvalue weighted by Crippen LogP contribution is -2.12. The van der Waals surface area contributed by atoms with Gasteiger partial charge in [-0.2, -0.15) is 0 Å². The molecular formula is C14H22O4S. The predicted molar refractivity (Wildman–Crippen MR) is 76.3 cm³/mol. The minimum Gasteiger partial charge on any atom is -0.493 e. The fourth-order valence-electron chi connectivity index (χ4n) is 1.73. The van der Waals surface area contributed by atoms with Gasteiger partial charge in [-0.1, -0.05) is 18.6 Å². The third-order valence-corrected chi connectivity index (χ3v) is 4.70. The summed E-state index contributed by atoms with van der Waals surface area (Å²) in [7, 11) is -2.94. The molecule has 1 rings (SSSR count). The normalized spacial score (nSPS) is 13.3. The van der Waals surface area contributed by atoms with Gasteiger partial charge in [-0.05, 0) is 32.4 Å². The molecule has 1 N–H and O–H groups in total. The van der Waals surface area contributed by atoms with Crippen LogP contribution in [0.3, 0.4) is 0 Å². The zero-order chi connectivity index (χ0) is 14.5. The van der Waals surface area contributed by atoms with Crippen LogP contribution in [0.1, 0.15) is 37.5 Å². The van der Waals surface area contributed by atoms with Crippen LogP contribution in [0.25, 0.3) is 0 Å². The third kappa shape index (κ3) is 5.20. The van der Waals surface area contributed by atoms with Crippen LogP contribution in [-0.4, -0.2) is 31.6 Å². The van der Waals surface area contributed by atoms with Crippen molar-refractivity contribution in [2.24, 2.45) is 0 Å². The number of aliphatic hydroxyl groups is 1. The number of ether oxygens (including phenoxy) is 1. The highest BCUT2D eigenvalue weighted by molar-refractivity contribution is 7.91. The first-order valence-electron chi connectivity index (χ1n) is 6.47. The summed E-state index contributed by atoms with van der Waals surface area (Å²) in [5, 5.41) is 9.68. The summed E-state index contributed by atoms with van der Waals surface area (Å²) < 4.78 is 28.2. The second kappa shape index (κ2) is 6.91. The lowest BCUT2D eigenvalue weighted by atomic mass is 10.1. The van der Waals surface area contributed by atoms with Crippen molar-refractivity contribution in [1.82, 2.24) is 0 Å². The average Bonchev–Trinajstić information content (AvgIpc) is 2.36. The van der Waals surface area contributed by atoms with Crippen LogP contribution in [-0.2, 0) is 9.84 Å². The molecule has 0 aliphatic heterocycles. The largest absolute Gasteiger partial charge is 0.493 e. The molecule has 0 bridgehead atoms. The molecule has 1 aromatic carbocycles. The van der Waals surface area contributed by atoms with Gasteiger partial charge < -0.3 is 9.84 Å². The van der Waals surface area contributed by atoms with Crippen LogP contribution in [0.5, 0.6) is 5.75 Å². The molecule has 19 heavy (non-hydrogen) atoms. The smallest absolute Gasteiger partial charge is 0.150 e. The van der Waals surface area contributed by atoms with E-state index in [2.05, 4.69) is 0 Å². The van der Waals surface area contributed by atoms with E-state index in [1.165, 1.54) is 0 Å². The number of hydrogen-bond acceptors (Lipinski definition) is 4. The molecule has 0 unspecified atom stereocenters. The molecule has 4 nitrogen and oxygen atoms in total. The van der Waals surface area contributed by atoms with Gasteiger partial charge in [0, 0.05) is 11.3 Å². The lowest BCUT2D eigenvalue weighted by Gasteiger charge is -2.14. The number of benzene rings is 1. The van der Waals surface area contributed by atoms with Gasteiger partial charge in [0.05, 0.1) is 18.5 Å². The zero-order valence-electron chi connectivity index (χ0n) is 11.7. The van der Waals surface area contributed by atoms with Crippen LogP contribution in [0.4, 0.5) is 0 Å². The quantitative estimate of drug-likeness (QED) is 0.781. The van der Waals surface area contributed by atoms with Crippen molar-refractivity contribution in [3.8, 4) is 5.75 Å². The number of aryl methyl sites for hydroxylation is 1. The monoisotopic (exact) mass is 286 g/mol. The van der Waals surface area contributed by atoms with Crippen LogP contribution in [0.15, 0.2) is 18.2 Å². The van der Waals surface area contributed by atoms with Crippen molar-refractivity contribution >= 4 is 9.84 Å². The van der Waals surface area contributed by atoms with E-state index >= 15 is 0 Å². The van der Waals surface area contributed by atoms with E-state index in [9.17, 15) is 13.5 Å². The molecule has 0 saturated heterocycles. The van der Waals surface area contributed by atoms with E-state index < -0.39 is 15.9 Å². The van der Waals surface area contributed by atoms with Gasteiger partial charge in [-0.15, -0.1) is 0 Å². The van der Waals surface area contributed by atoms with Gasteiger partial charge in [-0.3, -0.25) is 0 Å². The molecule has 5 heteroatoms. The Hall–Kier alpha value is -1.07. The molecule has 0 heterocycles. The molecule has 0 amide bonds. The first-order valence-corrected chi connectivity index (χ1v) is 8.29. The Morgan fingerprint density at radius 2 is 2.05 bits per heavy atom. The number of sulfone groups is 1. The maximum absolute atomic E-state index is 11.3. The van der Waals surface area contributed by atoms with Crippen LogP contribution < -0.4 is 4.74 Å². The zero-order valence-corrected chi connectivity index (χ0v) is 12.5. The summed E-state index contributed by atoms with van der Waals surface area (Å²) in [5.74, 6) is 0.921. The van der Waals surface area contributed by atoms with E-state index in [0.717, 1.165) is 11.1 Å². The van der Waals surface area contributed by atoms with Crippen molar-refractivity contribution in [1.29, 1.82) is 0 Å². The molecule has 108 valence electrons. The van der Waals surface area contributed by atoms with Crippen LogP contribution in [0.2, 0.25) is 0 Å². The van der Waals surface area contributed by atoms with Crippen molar-refractivity contribution in [2.75, 3.05) is 18.1 Å². The van der Waals surface area contributed by atoms with Gasteiger partial charge >= 0.3 is 0 Å². The number of aliphatic hydroxyl groups excluding tert-OH is 1. The molecule has 0 spiro atoms. The highest BCUT2D eigenvalue weighted by Crippen LogP contribution is 2.26. The number of hydrogen-bond donors (Lipinski definition) is 1. The topological polar surface area (TPSA) is 63.6 Å². The Bertz CT molecular complexity index is 506. The van der Waals surface area contributed by atoms with Crippen molar-refractivity contribution in [3.05, 3.63) is 29.3 Å². The minimum atomic E-state index is -2.94. The average molecular weight is 286 g/mol.